The zero-order valence-electron chi connectivity index (χ0n) is 14.1. The van der Waals surface area contributed by atoms with E-state index in [-0.39, 0.29) is 5.63 Å². The van der Waals surface area contributed by atoms with Crippen LogP contribution < -0.4 is 10.9 Å². The highest BCUT2D eigenvalue weighted by Gasteiger charge is 2.09. The molecule has 4 heteroatoms. The Morgan fingerprint density at radius 3 is 2.57 bits per heavy atom. The Bertz CT molecular complexity index is 919. The minimum absolute atomic E-state index is 0.294. The van der Waals surface area contributed by atoms with Gasteiger partial charge in [0.25, 0.3) is 0 Å². The highest BCUT2D eigenvalue weighted by Crippen LogP contribution is 2.23. The quantitative estimate of drug-likeness (QED) is 0.752. The molecular formula is C19H22N2O2. The molecule has 1 N–H and O–H groups in total. The van der Waals surface area contributed by atoms with Crippen molar-refractivity contribution in [2.45, 2.75) is 33.9 Å². The van der Waals surface area contributed by atoms with E-state index < -0.39 is 0 Å². The van der Waals surface area contributed by atoms with Crippen molar-refractivity contribution in [2.75, 3.05) is 0 Å². The minimum atomic E-state index is -0.294. The van der Waals surface area contributed by atoms with Crippen molar-refractivity contribution < 1.29 is 4.42 Å². The maximum absolute atomic E-state index is 11.9. The largest absolute Gasteiger partial charge is 0.422 e. The van der Waals surface area contributed by atoms with Crippen LogP contribution in [0.15, 0.2) is 39.5 Å². The van der Waals surface area contributed by atoms with Crippen LogP contribution >= 0.6 is 0 Å². The van der Waals surface area contributed by atoms with E-state index in [9.17, 15) is 4.79 Å². The summed E-state index contributed by atoms with van der Waals surface area (Å²) in [5, 5.41) is 4.43. The second kappa shape index (κ2) is 6.05. The summed E-state index contributed by atoms with van der Waals surface area (Å²) in [4.78, 5) is 11.9. The van der Waals surface area contributed by atoms with Crippen molar-refractivity contribution in [1.29, 1.82) is 0 Å². The van der Waals surface area contributed by atoms with Crippen molar-refractivity contribution in [3.8, 4) is 0 Å². The van der Waals surface area contributed by atoms with Crippen molar-refractivity contribution in [3.05, 3.63) is 68.8 Å². The fourth-order valence-electron chi connectivity index (χ4n) is 2.84. The molecule has 3 rings (SSSR count). The van der Waals surface area contributed by atoms with E-state index in [1.807, 2.05) is 19.9 Å². The maximum Gasteiger partial charge on any atom is 0.336 e. The first-order chi connectivity index (χ1) is 11.0. The van der Waals surface area contributed by atoms with Gasteiger partial charge in [0.1, 0.15) is 5.58 Å². The normalized spacial score (nSPS) is 11.3. The number of nitrogens with zero attached hydrogens (tertiary/aromatic N) is 1. The van der Waals surface area contributed by atoms with E-state index in [4.69, 9.17) is 4.42 Å². The summed E-state index contributed by atoms with van der Waals surface area (Å²) in [6.45, 7) is 7.50. The number of aryl methyl sites for hydroxylation is 3. The summed E-state index contributed by atoms with van der Waals surface area (Å²) in [6.07, 6.45) is 0. The van der Waals surface area contributed by atoms with Gasteiger partial charge >= 0.3 is 5.63 Å². The predicted molar refractivity (Wildman–Crippen MR) is 92.7 cm³/mol. The zero-order valence-corrected chi connectivity index (χ0v) is 14.1. The molecule has 0 spiro atoms. The Kier molecular flexibility index (Phi) is 4.09. The van der Waals surface area contributed by atoms with Gasteiger partial charge in [-0.1, -0.05) is 12.1 Å². The first-order valence-electron chi connectivity index (χ1n) is 7.82. The van der Waals surface area contributed by atoms with Gasteiger partial charge in [-0.3, -0.25) is 0 Å². The Balaban J connectivity index is 1.87. The Morgan fingerprint density at radius 2 is 1.87 bits per heavy atom. The summed E-state index contributed by atoms with van der Waals surface area (Å²) < 4.78 is 7.58. The lowest BCUT2D eigenvalue weighted by Gasteiger charge is -2.11. The monoisotopic (exact) mass is 310 g/mol. The van der Waals surface area contributed by atoms with Gasteiger partial charge in [0, 0.05) is 43.0 Å². The van der Waals surface area contributed by atoms with Crippen molar-refractivity contribution in [1.82, 2.24) is 9.88 Å². The van der Waals surface area contributed by atoms with E-state index in [0.29, 0.717) is 12.1 Å². The van der Waals surface area contributed by atoms with E-state index in [2.05, 4.69) is 42.1 Å². The molecule has 0 fully saturated rings. The Hall–Kier alpha value is -2.33. The van der Waals surface area contributed by atoms with Gasteiger partial charge < -0.3 is 14.3 Å². The van der Waals surface area contributed by atoms with Crippen molar-refractivity contribution >= 4 is 11.0 Å². The summed E-state index contributed by atoms with van der Waals surface area (Å²) >= 11 is 0. The highest BCUT2D eigenvalue weighted by molar-refractivity contribution is 5.83. The van der Waals surface area contributed by atoms with Gasteiger partial charge in [0.05, 0.1) is 0 Å². The molecule has 120 valence electrons. The van der Waals surface area contributed by atoms with E-state index in [1.165, 1.54) is 11.4 Å². The molecule has 0 atom stereocenters. The molecule has 0 aliphatic rings. The fourth-order valence-corrected chi connectivity index (χ4v) is 2.84. The molecule has 23 heavy (non-hydrogen) atoms. The van der Waals surface area contributed by atoms with Crippen LogP contribution in [0.25, 0.3) is 11.0 Å². The van der Waals surface area contributed by atoms with Gasteiger partial charge in [-0.2, -0.15) is 0 Å². The number of aromatic nitrogens is 1. The lowest BCUT2D eigenvalue weighted by Crippen LogP contribution is -2.16. The average molecular weight is 310 g/mol. The van der Waals surface area contributed by atoms with Gasteiger partial charge in [-0.15, -0.1) is 0 Å². The summed E-state index contributed by atoms with van der Waals surface area (Å²) in [5.74, 6) is 0. The first kappa shape index (κ1) is 15.6. The third-order valence-corrected chi connectivity index (χ3v) is 4.62. The van der Waals surface area contributed by atoms with Crippen LogP contribution in [0.4, 0.5) is 0 Å². The van der Waals surface area contributed by atoms with Crippen LogP contribution in [0.5, 0.6) is 0 Å². The van der Waals surface area contributed by atoms with Crippen molar-refractivity contribution in [3.63, 3.8) is 0 Å². The molecule has 0 saturated carbocycles. The van der Waals surface area contributed by atoms with Crippen LogP contribution in [0.1, 0.15) is 28.1 Å². The van der Waals surface area contributed by atoms with Crippen LogP contribution in [0.3, 0.4) is 0 Å². The lowest BCUT2D eigenvalue weighted by atomic mass is 10.0. The molecule has 0 radical (unpaired) electrons. The molecule has 4 nitrogen and oxygen atoms in total. The molecule has 0 bridgehead atoms. The van der Waals surface area contributed by atoms with Crippen LogP contribution in [-0.4, -0.2) is 4.57 Å². The van der Waals surface area contributed by atoms with Gasteiger partial charge in [-0.25, -0.2) is 4.79 Å². The second-order valence-electron chi connectivity index (χ2n) is 6.10. The number of nitrogens with one attached hydrogen (secondary N) is 1. The molecule has 0 amide bonds. The van der Waals surface area contributed by atoms with E-state index in [1.54, 1.807) is 6.07 Å². The number of benzene rings is 1. The standard InChI is InChI=1S/C19H22N2O2/c1-12-5-8-17-15(9-18(22)23-19(17)14(12)3)10-20-11-16-7-6-13(2)21(16)4/h5-9,20H,10-11H2,1-4H3. The summed E-state index contributed by atoms with van der Waals surface area (Å²) in [6, 6.07) is 9.91. The SMILES string of the molecule is Cc1ccc2c(CNCc3ccc(C)n3C)cc(=O)oc2c1C. The first-order valence-corrected chi connectivity index (χ1v) is 7.82. The lowest BCUT2D eigenvalue weighted by molar-refractivity contribution is 0.553. The van der Waals surface area contributed by atoms with Crippen LogP contribution in [0, 0.1) is 20.8 Å². The topological polar surface area (TPSA) is 47.2 Å². The van der Waals surface area contributed by atoms with Gasteiger partial charge in [-0.05, 0) is 49.6 Å². The molecule has 2 heterocycles. The molecule has 0 aliphatic carbocycles. The Morgan fingerprint density at radius 1 is 1.09 bits per heavy atom. The molecular weight excluding hydrogens is 288 g/mol. The number of hydrogen-bond acceptors (Lipinski definition) is 3. The molecule has 0 saturated heterocycles. The number of fused-ring (bicyclic) bond motifs is 1. The second-order valence-corrected chi connectivity index (χ2v) is 6.10. The van der Waals surface area contributed by atoms with E-state index >= 15 is 0 Å². The molecule has 0 unspecified atom stereocenters. The number of hydrogen-bond donors (Lipinski definition) is 1. The fraction of sp³-hybridized carbons (Fsp3) is 0.316. The minimum Gasteiger partial charge on any atom is -0.422 e. The average Bonchev–Trinajstić information content (AvgIpc) is 2.83. The van der Waals surface area contributed by atoms with Gasteiger partial charge in [0.15, 0.2) is 0 Å². The third kappa shape index (κ3) is 2.94. The predicted octanol–water partition coefficient (Wildman–Crippen LogP) is 3.35. The summed E-state index contributed by atoms with van der Waals surface area (Å²) in [7, 11) is 2.06. The van der Waals surface area contributed by atoms with E-state index in [0.717, 1.165) is 28.6 Å². The zero-order chi connectivity index (χ0) is 16.6. The maximum atomic E-state index is 11.9. The Labute approximate surface area is 135 Å². The highest BCUT2D eigenvalue weighted by atomic mass is 16.4. The molecule has 1 aromatic carbocycles. The summed E-state index contributed by atoms with van der Waals surface area (Å²) in [5.41, 5.74) is 6.00. The molecule has 0 aliphatic heterocycles. The smallest absolute Gasteiger partial charge is 0.336 e. The van der Waals surface area contributed by atoms with Crippen LogP contribution in [0.2, 0.25) is 0 Å². The molecule has 3 aromatic rings. The molecule has 2 aromatic heterocycles. The van der Waals surface area contributed by atoms with Gasteiger partial charge in [0.2, 0.25) is 0 Å². The third-order valence-electron chi connectivity index (χ3n) is 4.62. The van der Waals surface area contributed by atoms with Crippen LogP contribution in [-0.2, 0) is 20.1 Å². The number of rotatable bonds is 4. The van der Waals surface area contributed by atoms with Crippen molar-refractivity contribution in [2.24, 2.45) is 7.05 Å².